The van der Waals surface area contributed by atoms with Gasteiger partial charge in [0.25, 0.3) is 5.91 Å². The molecule has 3 N–H and O–H groups in total. The van der Waals surface area contributed by atoms with E-state index in [0.29, 0.717) is 16.7 Å². The number of rotatable bonds is 8. The minimum absolute atomic E-state index is 0.000258. The summed E-state index contributed by atoms with van der Waals surface area (Å²) in [7, 11) is 0. The quantitative estimate of drug-likeness (QED) is 0.775. The number of hydrogen-bond donors (Lipinski definition) is 2. The molecule has 0 spiro atoms. The summed E-state index contributed by atoms with van der Waals surface area (Å²) in [5.41, 5.74) is 7.01. The average molecular weight is 311 g/mol. The number of hydrogen-bond acceptors (Lipinski definition) is 3. The molecule has 0 saturated heterocycles. The predicted molar refractivity (Wildman–Crippen MR) is 84.7 cm³/mol. The summed E-state index contributed by atoms with van der Waals surface area (Å²) >= 11 is 6.18. The van der Waals surface area contributed by atoms with Crippen molar-refractivity contribution in [2.75, 3.05) is 13.2 Å². The van der Waals surface area contributed by atoms with Crippen molar-refractivity contribution in [3.05, 3.63) is 28.8 Å². The normalized spacial score (nSPS) is 15.6. The number of nitrogens with one attached hydrogen (secondary N) is 1. The number of halogens is 1. The third-order valence-electron chi connectivity index (χ3n) is 3.66. The van der Waals surface area contributed by atoms with Crippen LogP contribution in [0.3, 0.4) is 0 Å². The highest BCUT2D eigenvalue weighted by molar-refractivity contribution is 6.32. The maximum Gasteiger partial charge on any atom is 0.257 e. The standard InChI is InChI=1S/C16H23ClN2O2/c1-2-13(18)7-12-5-6-15(14(17)8-12)21-10-16(20)19-9-11-3-4-11/h5-6,8,11,13H,2-4,7,9-10,18H2,1H3,(H,19,20). The largest absolute Gasteiger partial charge is 0.482 e. The molecule has 1 aromatic rings. The highest BCUT2D eigenvalue weighted by atomic mass is 35.5. The Kier molecular flexibility index (Phi) is 5.88. The van der Waals surface area contributed by atoms with Crippen LogP contribution in [0.4, 0.5) is 0 Å². The second-order valence-corrected chi connectivity index (χ2v) is 6.08. The summed E-state index contributed by atoms with van der Waals surface area (Å²) in [6.07, 6.45) is 4.15. The Morgan fingerprint density at radius 3 is 2.90 bits per heavy atom. The van der Waals surface area contributed by atoms with E-state index in [0.717, 1.165) is 24.9 Å². The first kappa shape index (κ1) is 16.1. The van der Waals surface area contributed by atoms with Gasteiger partial charge in [-0.3, -0.25) is 4.79 Å². The van der Waals surface area contributed by atoms with E-state index in [4.69, 9.17) is 22.1 Å². The van der Waals surface area contributed by atoms with Gasteiger partial charge in [-0.25, -0.2) is 0 Å². The van der Waals surface area contributed by atoms with E-state index in [2.05, 4.69) is 12.2 Å². The number of carbonyl (C=O) groups is 1. The van der Waals surface area contributed by atoms with Crippen LogP contribution in [0, 0.1) is 5.92 Å². The molecule has 0 aliphatic heterocycles. The Balaban J connectivity index is 1.80. The fourth-order valence-corrected chi connectivity index (χ4v) is 2.27. The topological polar surface area (TPSA) is 64.3 Å². The Labute approximate surface area is 131 Å². The lowest BCUT2D eigenvalue weighted by molar-refractivity contribution is -0.123. The molecule has 0 heterocycles. The van der Waals surface area contributed by atoms with Crippen LogP contribution in [0.5, 0.6) is 5.75 Å². The first-order chi connectivity index (χ1) is 10.1. The molecule has 0 radical (unpaired) electrons. The molecule has 1 fully saturated rings. The van der Waals surface area contributed by atoms with Gasteiger partial charge in [-0.2, -0.15) is 0 Å². The van der Waals surface area contributed by atoms with Crippen LogP contribution < -0.4 is 15.8 Å². The summed E-state index contributed by atoms with van der Waals surface area (Å²) in [5.74, 6) is 1.10. The van der Waals surface area contributed by atoms with Crippen molar-refractivity contribution >= 4 is 17.5 Å². The molecule has 5 heteroatoms. The zero-order valence-electron chi connectivity index (χ0n) is 12.4. The maximum absolute atomic E-state index is 11.6. The molecule has 1 atom stereocenters. The van der Waals surface area contributed by atoms with Crippen molar-refractivity contribution < 1.29 is 9.53 Å². The first-order valence-electron chi connectivity index (χ1n) is 7.52. The van der Waals surface area contributed by atoms with E-state index in [1.54, 1.807) is 6.07 Å². The minimum atomic E-state index is -0.102. The summed E-state index contributed by atoms with van der Waals surface area (Å²) in [5, 5.41) is 3.38. The van der Waals surface area contributed by atoms with Gasteiger partial charge in [-0.15, -0.1) is 0 Å². The van der Waals surface area contributed by atoms with Crippen LogP contribution >= 0.6 is 11.6 Å². The average Bonchev–Trinajstić information content (AvgIpc) is 3.28. The van der Waals surface area contributed by atoms with Crippen LogP contribution in [0.25, 0.3) is 0 Å². The van der Waals surface area contributed by atoms with Crippen LogP contribution in [0.1, 0.15) is 31.7 Å². The monoisotopic (exact) mass is 310 g/mol. The van der Waals surface area contributed by atoms with Crippen LogP contribution in [0.2, 0.25) is 5.02 Å². The molecule has 1 unspecified atom stereocenters. The summed E-state index contributed by atoms with van der Waals surface area (Å²) in [4.78, 5) is 11.6. The van der Waals surface area contributed by atoms with Crippen molar-refractivity contribution in [3.8, 4) is 5.75 Å². The minimum Gasteiger partial charge on any atom is -0.482 e. The summed E-state index contributed by atoms with van der Waals surface area (Å²) < 4.78 is 5.46. The molecule has 1 aliphatic carbocycles. The Hall–Kier alpha value is -1.26. The molecular formula is C16H23ClN2O2. The van der Waals surface area contributed by atoms with Crippen molar-refractivity contribution in [2.24, 2.45) is 11.7 Å². The van der Waals surface area contributed by atoms with E-state index in [1.807, 2.05) is 12.1 Å². The maximum atomic E-state index is 11.6. The van der Waals surface area contributed by atoms with Crippen molar-refractivity contribution in [3.63, 3.8) is 0 Å². The third kappa shape index (κ3) is 5.56. The molecule has 21 heavy (non-hydrogen) atoms. The Morgan fingerprint density at radius 1 is 1.52 bits per heavy atom. The predicted octanol–water partition coefficient (Wildman–Crippen LogP) is 2.52. The summed E-state index contributed by atoms with van der Waals surface area (Å²) in [6, 6.07) is 5.74. The molecule has 0 aromatic heterocycles. The SMILES string of the molecule is CCC(N)Cc1ccc(OCC(=O)NCC2CC2)c(Cl)c1. The van der Waals surface area contributed by atoms with E-state index in [1.165, 1.54) is 12.8 Å². The molecule has 2 rings (SSSR count). The van der Waals surface area contributed by atoms with Crippen LogP contribution in [0.15, 0.2) is 18.2 Å². The lowest BCUT2D eigenvalue weighted by atomic mass is 10.0. The van der Waals surface area contributed by atoms with Gasteiger partial charge in [-0.1, -0.05) is 24.6 Å². The number of amides is 1. The highest BCUT2D eigenvalue weighted by Crippen LogP contribution is 2.28. The fraction of sp³-hybridized carbons (Fsp3) is 0.562. The van der Waals surface area contributed by atoms with E-state index < -0.39 is 0 Å². The number of ether oxygens (including phenoxy) is 1. The first-order valence-corrected chi connectivity index (χ1v) is 7.89. The van der Waals surface area contributed by atoms with Crippen molar-refractivity contribution in [2.45, 2.75) is 38.6 Å². The Morgan fingerprint density at radius 2 is 2.29 bits per heavy atom. The van der Waals surface area contributed by atoms with Gasteiger partial charge in [0.05, 0.1) is 5.02 Å². The van der Waals surface area contributed by atoms with E-state index in [9.17, 15) is 4.79 Å². The van der Waals surface area contributed by atoms with Crippen molar-refractivity contribution in [1.29, 1.82) is 0 Å². The zero-order chi connectivity index (χ0) is 15.2. The van der Waals surface area contributed by atoms with E-state index >= 15 is 0 Å². The van der Waals surface area contributed by atoms with Crippen molar-refractivity contribution in [1.82, 2.24) is 5.32 Å². The van der Waals surface area contributed by atoms with Gasteiger partial charge in [-0.05, 0) is 49.3 Å². The number of benzene rings is 1. The molecule has 1 saturated carbocycles. The molecule has 0 bridgehead atoms. The molecule has 4 nitrogen and oxygen atoms in total. The molecule has 1 aliphatic rings. The van der Waals surface area contributed by atoms with Gasteiger partial charge in [0.2, 0.25) is 0 Å². The molecule has 116 valence electrons. The fourth-order valence-electron chi connectivity index (χ4n) is 2.01. The van der Waals surface area contributed by atoms with Gasteiger partial charge in [0, 0.05) is 12.6 Å². The molecule has 1 aromatic carbocycles. The number of nitrogens with two attached hydrogens (primary N) is 1. The molecular weight excluding hydrogens is 288 g/mol. The van der Waals surface area contributed by atoms with E-state index in [-0.39, 0.29) is 18.6 Å². The Bertz CT molecular complexity index is 489. The highest BCUT2D eigenvalue weighted by Gasteiger charge is 2.21. The third-order valence-corrected chi connectivity index (χ3v) is 3.96. The van der Waals surface area contributed by atoms with Crippen LogP contribution in [-0.2, 0) is 11.2 Å². The lowest BCUT2D eigenvalue weighted by Crippen LogP contribution is -2.30. The second-order valence-electron chi connectivity index (χ2n) is 5.67. The zero-order valence-corrected chi connectivity index (χ0v) is 13.2. The van der Waals surface area contributed by atoms with Crippen LogP contribution in [-0.4, -0.2) is 25.1 Å². The van der Waals surface area contributed by atoms with Gasteiger partial charge >= 0.3 is 0 Å². The van der Waals surface area contributed by atoms with Gasteiger partial charge in [0.15, 0.2) is 6.61 Å². The molecule has 1 amide bonds. The lowest BCUT2D eigenvalue weighted by Gasteiger charge is -2.12. The second kappa shape index (κ2) is 7.66. The van der Waals surface area contributed by atoms with Gasteiger partial charge in [0.1, 0.15) is 5.75 Å². The van der Waals surface area contributed by atoms with Gasteiger partial charge < -0.3 is 15.8 Å². The smallest absolute Gasteiger partial charge is 0.257 e. The number of carbonyl (C=O) groups excluding carboxylic acids is 1. The summed E-state index contributed by atoms with van der Waals surface area (Å²) in [6.45, 7) is 2.81.